The summed E-state index contributed by atoms with van der Waals surface area (Å²) in [5, 5.41) is 4.30. The van der Waals surface area contributed by atoms with Crippen LogP contribution < -0.4 is 10.1 Å². The Balaban J connectivity index is 1.57. The number of aromatic nitrogens is 4. The molecule has 1 aliphatic rings. The number of para-hydroxylation sites is 1. The van der Waals surface area contributed by atoms with Gasteiger partial charge in [-0.2, -0.15) is 0 Å². The van der Waals surface area contributed by atoms with Gasteiger partial charge in [-0.25, -0.2) is 9.37 Å². The number of ether oxygens (including phenoxy) is 1. The van der Waals surface area contributed by atoms with Crippen LogP contribution in [0.15, 0.2) is 61.3 Å². The zero-order valence-electron chi connectivity index (χ0n) is 15.8. The maximum atomic E-state index is 14.4. The molecular formula is C22H20FN5O. The molecular weight excluding hydrogens is 369 g/mol. The second kappa shape index (κ2) is 7.60. The van der Waals surface area contributed by atoms with Gasteiger partial charge in [0.15, 0.2) is 5.82 Å². The van der Waals surface area contributed by atoms with Crippen molar-refractivity contribution in [2.24, 2.45) is 0 Å². The highest BCUT2D eigenvalue weighted by atomic mass is 19.1. The Morgan fingerprint density at radius 3 is 2.90 bits per heavy atom. The van der Waals surface area contributed by atoms with Crippen molar-refractivity contribution in [3.05, 3.63) is 67.1 Å². The molecule has 0 spiro atoms. The second-order valence-corrected chi connectivity index (χ2v) is 7.09. The van der Waals surface area contributed by atoms with E-state index < -0.39 is 0 Å². The van der Waals surface area contributed by atoms with Crippen LogP contribution in [-0.2, 0) is 0 Å². The first-order valence-electron chi connectivity index (χ1n) is 9.69. The highest BCUT2D eigenvalue weighted by Gasteiger charge is 2.18. The molecule has 0 unspecified atom stereocenters. The average molecular weight is 389 g/mol. The van der Waals surface area contributed by atoms with Gasteiger partial charge >= 0.3 is 0 Å². The van der Waals surface area contributed by atoms with Crippen LogP contribution in [0.3, 0.4) is 0 Å². The van der Waals surface area contributed by atoms with Gasteiger partial charge in [0.2, 0.25) is 5.88 Å². The first kappa shape index (κ1) is 17.8. The Hall–Kier alpha value is -3.32. The van der Waals surface area contributed by atoms with E-state index in [1.54, 1.807) is 24.7 Å². The van der Waals surface area contributed by atoms with E-state index in [-0.39, 0.29) is 11.9 Å². The summed E-state index contributed by atoms with van der Waals surface area (Å²) in [6, 6.07) is 9.51. The summed E-state index contributed by atoms with van der Waals surface area (Å²) in [4.78, 5) is 12.9. The third kappa shape index (κ3) is 3.45. The lowest BCUT2D eigenvalue weighted by Gasteiger charge is -2.23. The molecule has 4 aromatic rings. The Morgan fingerprint density at radius 1 is 1.10 bits per heavy atom. The van der Waals surface area contributed by atoms with Crippen molar-refractivity contribution < 1.29 is 9.13 Å². The standard InChI is InChI=1S/C22H20FN5O/c23-18-11-25-9-7-21(18)28-14-17(16-5-1-2-6-20(16)28)19-12-26-13-22(27-19)29-15-4-3-8-24-10-15/h1-2,5-7,9,11-15,24H,3-4,8,10H2/t15-/m1/s1. The number of nitrogens with one attached hydrogen (secondary N) is 1. The van der Waals surface area contributed by atoms with Crippen LogP contribution in [-0.4, -0.2) is 38.7 Å². The quantitative estimate of drug-likeness (QED) is 0.576. The van der Waals surface area contributed by atoms with Gasteiger partial charge in [-0.1, -0.05) is 18.2 Å². The number of pyridine rings is 1. The van der Waals surface area contributed by atoms with E-state index in [2.05, 4.69) is 20.3 Å². The SMILES string of the molecule is Fc1cnccc1-n1cc(-c2cncc(O[C@@H]3CCCNC3)n2)c2ccccc21. The molecule has 6 nitrogen and oxygen atoms in total. The highest BCUT2D eigenvalue weighted by molar-refractivity contribution is 5.96. The smallest absolute Gasteiger partial charge is 0.233 e. The number of piperidine rings is 1. The van der Waals surface area contributed by atoms with Gasteiger partial charge in [0.25, 0.3) is 0 Å². The number of hydrogen-bond acceptors (Lipinski definition) is 5. The van der Waals surface area contributed by atoms with E-state index in [1.807, 2.05) is 35.0 Å². The third-order valence-electron chi connectivity index (χ3n) is 5.15. The maximum Gasteiger partial charge on any atom is 0.233 e. The van der Waals surface area contributed by atoms with Gasteiger partial charge in [0, 0.05) is 29.9 Å². The van der Waals surface area contributed by atoms with E-state index in [4.69, 9.17) is 4.74 Å². The summed E-state index contributed by atoms with van der Waals surface area (Å²) in [7, 11) is 0. The average Bonchev–Trinajstić information content (AvgIpc) is 3.15. The number of nitrogens with zero attached hydrogens (tertiary/aromatic N) is 4. The van der Waals surface area contributed by atoms with E-state index in [9.17, 15) is 4.39 Å². The minimum absolute atomic E-state index is 0.0977. The van der Waals surface area contributed by atoms with E-state index in [0.717, 1.165) is 42.4 Å². The molecule has 29 heavy (non-hydrogen) atoms. The van der Waals surface area contributed by atoms with E-state index in [0.29, 0.717) is 17.3 Å². The fourth-order valence-electron chi connectivity index (χ4n) is 3.77. The molecule has 1 atom stereocenters. The molecule has 4 heterocycles. The molecule has 1 aromatic carbocycles. The lowest BCUT2D eigenvalue weighted by Crippen LogP contribution is -2.37. The fraction of sp³-hybridized carbons (Fsp3) is 0.227. The van der Waals surface area contributed by atoms with E-state index in [1.165, 1.54) is 6.20 Å². The van der Waals surface area contributed by atoms with Crippen LogP contribution in [0, 0.1) is 5.82 Å². The number of benzene rings is 1. The molecule has 1 N–H and O–H groups in total. The second-order valence-electron chi connectivity index (χ2n) is 7.09. The summed E-state index contributed by atoms with van der Waals surface area (Å²) in [5.74, 6) is 0.121. The molecule has 5 rings (SSSR count). The topological polar surface area (TPSA) is 64.9 Å². The molecule has 146 valence electrons. The van der Waals surface area contributed by atoms with Crippen LogP contribution in [0.25, 0.3) is 27.8 Å². The summed E-state index contributed by atoms with van der Waals surface area (Å²) < 4.78 is 22.3. The van der Waals surface area contributed by atoms with Crippen molar-refractivity contribution in [1.29, 1.82) is 0 Å². The lowest BCUT2D eigenvalue weighted by molar-refractivity contribution is 0.160. The minimum atomic E-state index is -0.382. The fourth-order valence-corrected chi connectivity index (χ4v) is 3.77. The maximum absolute atomic E-state index is 14.4. The molecule has 0 aliphatic carbocycles. The molecule has 1 saturated heterocycles. The monoisotopic (exact) mass is 389 g/mol. The van der Waals surface area contributed by atoms with Gasteiger partial charge in [-0.3, -0.25) is 9.97 Å². The van der Waals surface area contributed by atoms with Crippen LogP contribution in [0.4, 0.5) is 4.39 Å². The largest absolute Gasteiger partial charge is 0.472 e. The zero-order valence-corrected chi connectivity index (χ0v) is 15.8. The number of rotatable bonds is 4. The molecule has 0 radical (unpaired) electrons. The summed E-state index contributed by atoms with van der Waals surface area (Å²) in [6.07, 6.45) is 10.2. The van der Waals surface area contributed by atoms with Crippen molar-refractivity contribution in [3.8, 4) is 22.8 Å². The van der Waals surface area contributed by atoms with Crippen LogP contribution in [0.2, 0.25) is 0 Å². The summed E-state index contributed by atoms with van der Waals surface area (Å²) in [5.41, 5.74) is 2.89. The zero-order chi connectivity index (χ0) is 19.6. The predicted octanol–water partition coefficient (Wildman–Crippen LogP) is 3.75. The first-order valence-corrected chi connectivity index (χ1v) is 9.69. The molecule has 0 saturated carbocycles. The number of halogens is 1. The van der Waals surface area contributed by atoms with Crippen molar-refractivity contribution in [1.82, 2.24) is 24.8 Å². The highest BCUT2D eigenvalue weighted by Crippen LogP contribution is 2.32. The van der Waals surface area contributed by atoms with E-state index >= 15 is 0 Å². The van der Waals surface area contributed by atoms with Crippen LogP contribution in [0.5, 0.6) is 5.88 Å². The first-order chi connectivity index (χ1) is 14.3. The lowest BCUT2D eigenvalue weighted by atomic mass is 10.1. The van der Waals surface area contributed by atoms with Crippen molar-refractivity contribution in [3.63, 3.8) is 0 Å². The molecule has 7 heteroatoms. The Labute approximate surface area is 167 Å². The normalized spacial score (nSPS) is 16.8. The molecule has 0 amide bonds. The Morgan fingerprint density at radius 2 is 2.03 bits per heavy atom. The third-order valence-corrected chi connectivity index (χ3v) is 5.15. The van der Waals surface area contributed by atoms with Gasteiger partial charge < -0.3 is 14.6 Å². The Bertz CT molecular complexity index is 1150. The predicted molar refractivity (Wildman–Crippen MR) is 109 cm³/mol. The Kier molecular flexibility index (Phi) is 4.65. The molecule has 3 aromatic heterocycles. The minimum Gasteiger partial charge on any atom is -0.472 e. The van der Waals surface area contributed by atoms with Crippen molar-refractivity contribution in [2.45, 2.75) is 18.9 Å². The van der Waals surface area contributed by atoms with Gasteiger partial charge in [-0.05, 0) is 31.5 Å². The number of hydrogen-bond donors (Lipinski definition) is 1. The van der Waals surface area contributed by atoms with Crippen LogP contribution >= 0.6 is 0 Å². The summed E-state index contributed by atoms with van der Waals surface area (Å²) in [6.45, 7) is 1.84. The van der Waals surface area contributed by atoms with Gasteiger partial charge in [-0.15, -0.1) is 0 Å². The molecule has 1 fully saturated rings. The number of fused-ring (bicyclic) bond motifs is 1. The van der Waals surface area contributed by atoms with Crippen LogP contribution in [0.1, 0.15) is 12.8 Å². The van der Waals surface area contributed by atoms with Crippen molar-refractivity contribution >= 4 is 10.9 Å². The summed E-state index contributed by atoms with van der Waals surface area (Å²) >= 11 is 0. The van der Waals surface area contributed by atoms with Gasteiger partial charge in [0.1, 0.15) is 6.10 Å². The van der Waals surface area contributed by atoms with Gasteiger partial charge in [0.05, 0.1) is 35.5 Å². The van der Waals surface area contributed by atoms with Crippen molar-refractivity contribution in [2.75, 3.05) is 13.1 Å². The molecule has 1 aliphatic heterocycles. The molecule has 0 bridgehead atoms.